The molecule has 0 spiro atoms. The number of rotatable bonds is 8. The van der Waals surface area contributed by atoms with Crippen LogP contribution in [-0.2, 0) is 4.79 Å². The van der Waals surface area contributed by atoms with E-state index in [1.165, 1.54) is 23.5 Å². The van der Waals surface area contributed by atoms with E-state index in [-0.39, 0.29) is 36.3 Å². The SMILES string of the molecule is CCCNC(=O)CCNC(=O)c1csc(Nc2ccc(F)cc2)n1. The molecule has 1 aromatic heterocycles. The Balaban J connectivity index is 1.80. The molecule has 1 aromatic carbocycles. The van der Waals surface area contributed by atoms with Crippen molar-refractivity contribution in [3.05, 3.63) is 41.2 Å². The van der Waals surface area contributed by atoms with Crippen molar-refractivity contribution in [3.8, 4) is 0 Å². The molecule has 2 rings (SSSR count). The Morgan fingerprint density at radius 2 is 1.92 bits per heavy atom. The van der Waals surface area contributed by atoms with Crippen molar-refractivity contribution in [1.29, 1.82) is 0 Å². The van der Waals surface area contributed by atoms with E-state index in [0.29, 0.717) is 17.4 Å². The van der Waals surface area contributed by atoms with E-state index in [4.69, 9.17) is 0 Å². The number of benzene rings is 1. The Bertz CT molecular complexity index is 688. The zero-order chi connectivity index (χ0) is 17.4. The van der Waals surface area contributed by atoms with E-state index in [0.717, 1.165) is 6.42 Å². The molecular weight excluding hydrogens is 331 g/mol. The van der Waals surface area contributed by atoms with Crippen LogP contribution in [0.25, 0.3) is 0 Å². The van der Waals surface area contributed by atoms with Crippen molar-refractivity contribution in [1.82, 2.24) is 15.6 Å². The summed E-state index contributed by atoms with van der Waals surface area (Å²) in [4.78, 5) is 27.6. The molecule has 0 fully saturated rings. The van der Waals surface area contributed by atoms with Crippen molar-refractivity contribution >= 4 is 34.0 Å². The molecule has 8 heteroatoms. The van der Waals surface area contributed by atoms with E-state index >= 15 is 0 Å². The topological polar surface area (TPSA) is 83.1 Å². The van der Waals surface area contributed by atoms with Crippen LogP contribution in [0.15, 0.2) is 29.6 Å². The molecule has 0 saturated carbocycles. The highest BCUT2D eigenvalue weighted by atomic mass is 32.1. The molecule has 0 bridgehead atoms. The van der Waals surface area contributed by atoms with Crippen molar-refractivity contribution < 1.29 is 14.0 Å². The van der Waals surface area contributed by atoms with Crippen LogP contribution in [0, 0.1) is 5.82 Å². The summed E-state index contributed by atoms with van der Waals surface area (Å²) < 4.78 is 12.9. The number of thiazole rings is 1. The molecule has 1 heterocycles. The van der Waals surface area contributed by atoms with Gasteiger partial charge in [0.25, 0.3) is 5.91 Å². The maximum absolute atomic E-state index is 12.9. The van der Waals surface area contributed by atoms with E-state index in [1.54, 1.807) is 17.5 Å². The molecule has 24 heavy (non-hydrogen) atoms. The first kappa shape index (κ1) is 17.9. The van der Waals surface area contributed by atoms with E-state index < -0.39 is 0 Å². The van der Waals surface area contributed by atoms with Gasteiger partial charge in [-0.25, -0.2) is 9.37 Å². The number of hydrogen-bond acceptors (Lipinski definition) is 5. The molecular formula is C16H19FN4O2S. The number of anilines is 2. The Morgan fingerprint density at radius 1 is 1.17 bits per heavy atom. The normalized spacial score (nSPS) is 10.2. The standard InChI is InChI=1S/C16H19FN4O2S/c1-2-8-18-14(22)7-9-19-15(23)13-10-24-16(21-13)20-12-5-3-11(17)4-6-12/h3-6,10H,2,7-9H2,1H3,(H,18,22)(H,19,23)(H,20,21). The summed E-state index contributed by atoms with van der Waals surface area (Å²) in [5.74, 6) is -0.737. The van der Waals surface area contributed by atoms with E-state index in [1.807, 2.05) is 6.92 Å². The highest BCUT2D eigenvalue weighted by Crippen LogP contribution is 2.21. The summed E-state index contributed by atoms with van der Waals surface area (Å²) in [6.07, 6.45) is 1.11. The lowest BCUT2D eigenvalue weighted by Crippen LogP contribution is -2.31. The summed E-state index contributed by atoms with van der Waals surface area (Å²) in [7, 11) is 0. The lowest BCUT2D eigenvalue weighted by molar-refractivity contribution is -0.120. The van der Waals surface area contributed by atoms with Crippen LogP contribution in [0.3, 0.4) is 0 Å². The van der Waals surface area contributed by atoms with Crippen molar-refractivity contribution in [2.75, 3.05) is 18.4 Å². The molecule has 0 aliphatic carbocycles. The van der Waals surface area contributed by atoms with Gasteiger partial charge < -0.3 is 16.0 Å². The number of carbonyl (C=O) groups excluding carboxylic acids is 2. The van der Waals surface area contributed by atoms with Crippen LogP contribution in [0.4, 0.5) is 15.2 Å². The molecule has 128 valence electrons. The fourth-order valence-corrected chi connectivity index (χ4v) is 2.54. The summed E-state index contributed by atoms with van der Waals surface area (Å²) in [6.45, 7) is 2.87. The summed E-state index contributed by atoms with van der Waals surface area (Å²) in [5, 5.41) is 10.6. The van der Waals surface area contributed by atoms with Gasteiger partial charge in [-0.15, -0.1) is 11.3 Å². The van der Waals surface area contributed by atoms with Crippen molar-refractivity contribution in [3.63, 3.8) is 0 Å². The molecule has 3 N–H and O–H groups in total. The second-order valence-corrected chi connectivity index (χ2v) is 5.88. The van der Waals surface area contributed by atoms with Gasteiger partial charge in [-0.2, -0.15) is 0 Å². The van der Waals surface area contributed by atoms with Crippen LogP contribution in [0.5, 0.6) is 0 Å². The first-order valence-corrected chi connectivity index (χ1v) is 8.49. The van der Waals surface area contributed by atoms with Crippen LogP contribution >= 0.6 is 11.3 Å². The number of nitrogens with one attached hydrogen (secondary N) is 3. The zero-order valence-corrected chi connectivity index (χ0v) is 14.1. The van der Waals surface area contributed by atoms with Gasteiger partial charge in [-0.1, -0.05) is 6.92 Å². The minimum atomic E-state index is -0.332. The van der Waals surface area contributed by atoms with Crippen LogP contribution < -0.4 is 16.0 Å². The van der Waals surface area contributed by atoms with Gasteiger partial charge in [-0.3, -0.25) is 9.59 Å². The predicted octanol–water partition coefficient (Wildman–Crippen LogP) is 2.67. The lowest BCUT2D eigenvalue weighted by Gasteiger charge is -2.04. The Labute approximate surface area is 143 Å². The highest BCUT2D eigenvalue weighted by molar-refractivity contribution is 7.14. The molecule has 2 aromatic rings. The highest BCUT2D eigenvalue weighted by Gasteiger charge is 2.11. The van der Waals surface area contributed by atoms with Gasteiger partial charge in [0.1, 0.15) is 11.5 Å². The van der Waals surface area contributed by atoms with E-state index in [9.17, 15) is 14.0 Å². The molecule has 0 radical (unpaired) electrons. The molecule has 0 saturated heterocycles. The molecule has 0 aliphatic rings. The molecule has 0 atom stereocenters. The smallest absolute Gasteiger partial charge is 0.270 e. The molecule has 2 amide bonds. The zero-order valence-electron chi connectivity index (χ0n) is 13.3. The largest absolute Gasteiger partial charge is 0.356 e. The fourth-order valence-electron chi connectivity index (χ4n) is 1.83. The summed E-state index contributed by atoms with van der Waals surface area (Å²) >= 11 is 1.27. The molecule has 0 aliphatic heterocycles. The van der Waals surface area contributed by atoms with Gasteiger partial charge in [0.2, 0.25) is 5.91 Å². The average Bonchev–Trinajstić information content (AvgIpc) is 3.03. The Hall–Kier alpha value is -2.48. The van der Waals surface area contributed by atoms with Crippen molar-refractivity contribution in [2.24, 2.45) is 0 Å². The third-order valence-electron chi connectivity index (χ3n) is 3.04. The minimum absolute atomic E-state index is 0.0888. The monoisotopic (exact) mass is 350 g/mol. The van der Waals surface area contributed by atoms with Gasteiger partial charge >= 0.3 is 0 Å². The molecule has 0 unspecified atom stereocenters. The summed E-state index contributed by atoms with van der Waals surface area (Å²) in [5.41, 5.74) is 0.962. The average molecular weight is 350 g/mol. The quantitative estimate of drug-likeness (QED) is 0.683. The van der Waals surface area contributed by atoms with Gasteiger partial charge in [0.15, 0.2) is 5.13 Å². The number of amides is 2. The first-order valence-electron chi connectivity index (χ1n) is 7.61. The third kappa shape index (κ3) is 5.62. The minimum Gasteiger partial charge on any atom is -0.356 e. The number of halogens is 1. The lowest BCUT2D eigenvalue weighted by atomic mass is 10.3. The maximum Gasteiger partial charge on any atom is 0.270 e. The Morgan fingerprint density at radius 3 is 2.62 bits per heavy atom. The van der Waals surface area contributed by atoms with Crippen LogP contribution in [0.2, 0.25) is 0 Å². The summed E-state index contributed by atoms with van der Waals surface area (Å²) in [6, 6.07) is 5.86. The van der Waals surface area contributed by atoms with E-state index in [2.05, 4.69) is 20.9 Å². The Kier molecular flexibility index (Phi) is 6.68. The van der Waals surface area contributed by atoms with Crippen molar-refractivity contribution in [2.45, 2.75) is 19.8 Å². The van der Waals surface area contributed by atoms with Gasteiger partial charge in [0, 0.05) is 30.6 Å². The molecule has 6 nitrogen and oxygen atoms in total. The third-order valence-corrected chi connectivity index (χ3v) is 3.80. The number of hydrogen-bond donors (Lipinski definition) is 3. The van der Waals surface area contributed by atoms with Crippen LogP contribution in [-0.4, -0.2) is 29.9 Å². The first-order chi connectivity index (χ1) is 11.6. The second-order valence-electron chi connectivity index (χ2n) is 5.03. The number of carbonyl (C=O) groups is 2. The second kappa shape index (κ2) is 8.97. The van der Waals surface area contributed by atoms with Crippen LogP contribution in [0.1, 0.15) is 30.3 Å². The fraction of sp³-hybridized carbons (Fsp3) is 0.312. The van der Waals surface area contributed by atoms with Gasteiger partial charge in [-0.05, 0) is 30.7 Å². The van der Waals surface area contributed by atoms with Gasteiger partial charge in [0.05, 0.1) is 0 Å². The maximum atomic E-state index is 12.9. The predicted molar refractivity (Wildman–Crippen MR) is 92.0 cm³/mol. The number of aromatic nitrogens is 1. The number of nitrogens with zero attached hydrogens (tertiary/aromatic N) is 1.